The Balaban J connectivity index is 2.14. The third-order valence-electron chi connectivity index (χ3n) is 2.62. The summed E-state index contributed by atoms with van der Waals surface area (Å²) in [5, 5.41) is 13.0. The molecule has 2 atom stereocenters. The van der Waals surface area contributed by atoms with Crippen molar-refractivity contribution in [2.75, 3.05) is 5.32 Å². The van der Waals surface area contributed by atoms with Gasteiger partial charge in [-0.3, -0.25) is 0 Å². The fourth-order valence-corrected chi connectivity index (χ4v) is 2.03. The maximum absolute atomic E-state index is 9.61. The predicted octanol–water partition coefficient (Wildman–Crippen LogP) is 1.47. The highest BCUT2D eigenvalue weighted by Crippen LogP contribution is 2.33. The van der Waals surface area contributed by atoms with Gasteiger partial charge < -0.3 is 16.2 Å². The second-order valence-corrected chi connectivity index (χ2v) is 4.06. The van der Waals surface area contributed by atoms with Crippen LogP contribution >= 0.6 is 0 Å². The van der Waals surface area contributed by atoms with E-state index < -0.39 is 0 Å². The van der Waals surface area contributed by atoms with Crippen LogP contribution in [-0.4, -0.2) is 17.2 Å². The first kappa shape index (κ1) is 9.34. The standard InChI is InChI=1S/C11H16N2O/c1-7(12)5-8-6-9-10(13-8)3-2-4-11(9)14/h2-4,7-8,13-14H,5-6,12H2,1H3. The van der Waals surface area contributed by atoms with Crippen LogP contribution in [0.25, 0.3) is 0 Å². The summed E-state index contributed by atoms with van der Waals surface area (Å²) in [6, 6.07) is 6.16. The smallest absolute Gasteiger partial charge is 0.120 e. The lowest BCUT2D eigenvalue weighted by Crippen LogP contribution is -2.26. The van der Waals surface area contributed by atoms with E-state index in [1.54, 1.807) is 6.07 Å². The molecule has 0 aromatic heterocycles. The fraction of sp³-hybridized carbons (Fsp3) is 0.455. The average Bonchev–Trinajstić information content (AvgIpc) is 2.47. The van der Waals surface area contributed by atoms with Crippen LogP contribution in [0.1, 0.15) is 18.9 Å². The fourth-order valence-electron chi connectivity index (χ4n) is 2.03. The summed E-state index contributed by atoms with van der Waals surface area (Å²) in [4.78, 5) is 0. The van der Waals surface area contributed by atoms with Crippen molar-refractivity contribution >= 4 is 5.69 Å². The second-order valence-electron chi connectivity index (χ2n) is 4.06. The molecule has 0 fully saturated rings. The number of hydrogen-bond acceptors (Lipinski definition) is 3. The minimum Gasteiger partial charge on any atom is -0.508 e. The van der Waals surface area contributed by atoms with E-state index in [1.165, 1.54) is 0 Å². The third-order valence-corrected chi connectivity index (χ3v) is 2.62. The zero-order valence-electron chi connectivity index (χ0n) is 8.33. The molecule has 14 heavy (non-hydrogen) atoms. The molecule has 0 radical (unpaired) electrons. The quantitative estimate of drug-likeness (QED) is 0.665. The minimum atomic E-state index is 0.198. The summed E-state index contributed by atoms with van der Waals surface area (Å²) in [7, 11) is 0. The lowest BCUT2D eigenvalue weighted by atomic mass is 10.0. The van der Waals surface area contributed by atoms with Crippen molar-refractivity contribution in [1.29, 1.82) is 0 Å². The molecule has 0 amide bonds. The normalized spacial score (nSPS) is 21.4. The Morgan fingerprint density at radius 1 is 1.64 bits per heavy atom. The summed E-state index contributed by atoms with van der Waals surface area (Å²) in [6.45, 7) is 2.00. The molecular formula is C11H16N2O. The van der Waals surface area contributed by atoms with Crippen molar-refractivity contribution in [2.45, 2.75) is 31.8 Å². The van der Waals surface area contributed by atoms with Crippen LogP contribution < -0.4 is 11.1 Å². The zero-order valence-corrected chi connectivity index (χ0v) is 8.33. The molecule has 0 spiro atoms. The van der Waals surface area contributed by atoms with E-state index in [2.05, 4.69) is 5.32 Å². The highest BCUT2D eigenvalue weighted by atomic mass is 16.3. The molecule has 0 saturated carbocycles. The number of benzene rings is 1. The number of anilines is 1. The van der Waals surface area contributed by atoms with Gasteiger partial charge in [0.2, 0.25) is 0 Å². The summed E-state index contributed by atoms with van der Waals surface area (Å²) in [6.07, 6.45) is 1.82. The summed E-state index contributed by atoms with van der Waals surface area (Å²) in [5.41, 5.74) is 7.82. The monoisotopic (exact) mass is 192 g/mol. The van der Waals surface area contributed by atoms with E-state index in [1.807, 2.05) is 19.1 Å². The average molecular weight is 192 g/mol. The molecule has 1 aliphatic rings. The molecule has 2 rings (SSSR count). The van der Waals surface area contributed by atoms with Gasteiger partial charge in [0.1, 0.15) is 5.75 Å². The summed E-state index contributed by atoms with van der Waals surface area (Å²) < 4.78 is 0. The number of phenolic OH excluding ortho intramolecular Hbond substituents is 1. The van der Waals surface area contributed by atoms with Crippen LogP contribution in [0.5, 0.6) is 5.75 Å². The van der Waals surface area contributed by atoms with Crippen molar-refractivity contribution in [3.8, 4) is 5.75 Å². The Morgan fingerprint density at radius 2 is 2.43 bits per heavy atom. The number of fused-ring (bicyclic) bond motifs is 1. The second kappa shape index (κ2) is 3.50. The van der Waals surface area contributed by atoms with Gasteiger partial charge in [-0.25, -0.2) is 0 Å². The first-order valence-corrected chi connectivity index (χ1v) is 5.00. The van der Waals surface area contributed by atoms with E-state index in [-0.39, 0.29) is 6.04 Å². The summed E-state index contributed by atoms with van der Waals surface area (Å²) in [5.74, 6) is 0.391. The van der Waals surface area contributed by atoms with Gasteiger partial charge in [0.15, 0.2) is 0 Å². The molecule has 1 heterocycles. The number of nitrogens with one attached hydrogen (secondary N) is 1. The lowest BCUT2D eigenvalue weighted by Gasteiger charge is -2.13. The Hall–Kier alpha value is -1.22. The van der Waals surface area contributed by atoms with E-state index in [4.69, 9.17) is 5.73 Å². The molecule has 2 unspecified atom stereocenters. The molecule has 0 aliphatic carbocycles. The molecule has 3 nitrogen and oxygen atoms in total. The molecular weight excluding hydrogens is 176 g/mol. The van der Waals surface area contributed by atoms with Gasteiger partial charge in [0.05, 0.1) is 0 Å². The van der Waals surface area contributed by atoms with Crippen molar-refractivity contribution in [2.24, 2.45) is 5.73 Å². The number of nitrogens with two attached hydrogens (primary N) is 1. The van der Waals surface area contributed by atoms with E-state index in [9.17, 15) is 5.11 Å². The van der Waals surface area contributed by atoms with Crippen LogP contribution in [0.3, 0.4) is 0 Å². The molecule has 1 aromatic carbocycles. The van der Waals surface area contributed by atoms with Crippen molar-refractivity contribution in [3.63, 3.8) is 0 Å². The van der Waals surface area contributed by atoms with Crippen LogP contribution in [0, 0.1) is 0 Å². The molecule has 3 heteroatoms. The largest absolute Gasteiger partial charge is 0.508 e. The van der Waals surface area contributed by atoms with Gasteiger partial charge in [-0.2, -0.15) is 0 Å². The van der Waals surface area contributed by atoms with Gasteiger partial charge in [0.25, 0.3) is 0 Å². The topological polar surface area (TPSA) is 58.3 Å². The molecule has 0 saturated heterocycles. The van der Waals surface area contributed by atoms with Gasteiger partial charge in [-0.15, -0.1) is 0 Å². The lowest BCUT2D eigenvalue weighted by molar-refractivity contribution is 0.467. The zero-order chi connectivity index (χ0) is 10.1. The van der Waals surface area contributed by atoms with Gasteiger partial charge in [-0.1, -0.05) is 6.07 Å². The Morgan fingerprint density at radius 3 is 3.07 bits per heavy atom. The SMILES string of the molecule is CC(N)CC1Cc2c(O)cccc2N1. The molecule has 4 N–H and O–H groups in total. The van der Waals surface area contributed by atoms with Gasteiger partial charge in [-0.05, 0) is 31.9 Å². The van der Waals surface area contributed by atoms with Crippen LogP contribution in [0.15, 0.2) is 18.2 Å². The maximum Gasteiger partial charge on any atom is 0.120 e. The number of rotatable bonds is 2. The number of aromatic hydroxyl groups is 1. The third kappa shape index (κ3) is 1.68. The molecule has 1 aliphatic heterocycles. The molecule has 0 bridgehead atoms. The van der Waals surface area contributed by atoms with Crippen LogP contribution in [0.2, 0.25) is 0 Å². The predicted molar refractivity (Wildman–Crippen MR) is 57.5 cm³/mol. The van der Waals surface area contributed by atoms with Gasteiger partial charge in [0, 0.05) is 23.3 Å². The highest BCUT2D eigenvalue weighted by Gasteiger charge is 2.23. The Kier molecular flexibility index (Phi) is 2.33. The van der Waals surface area contributed by atoms with Crippen molar-refractivity contribution in [3.05, 3.63) is 23.8 Å². The van der Waals surface area contributed by atoms with Crippen LogP contribution in [0.4, 0.5) is 5.69 Å². The first-order chi connectivity index (χ1) is 6.66. The van der Waals surface area contributed by atoms with E-state index in [0.717, 1.165) is 24.1 Å². The van der Waals surface area contributed by atoms with Crippen molar-refractivity contribution in [1.82, 2.24) is 0 Å². The molecule has 1 aromatic rings. The van der Waals surface area contributed by atoms with Crippen LogP contribution in [-0.2, 0) is 6.42 Å². The number of hydrogen-bond donors (Lipinski definition) is 3. The highest BCUT2D eigenvalue weighted by molar-refractivity contribution is 5.61. The summed E-state index contributed by atoms with van der Waals surface area (Å²) >= 11 is 0. The Bertz CT molecular complexity index is 336. The Labute approximate surface area is 83.9 Å². The minimum absolute atomic E-state index is 0.198. The maximum atomic E-state index is 9.61. The van der Waals surface area contributed by atoms with E-state index in [0.29, 0.717) is 11.8 Å². The van der Waals surface area contributed by atoms with Crippen molar-refractivity contribution < 1.29 is 5.11 Å². The number of phenols is 1. The van der Waals surface area contributed by atoms with E-state index >= 15 is 0 Å². The molecule has 76 valence electrons. The first-order valence-electron chi connectivity index (χ1n) is 5.00. The van der Waals surface area contributed by atoms with Gasteiger partial charge >= 0.3 is 0 Å².